The molecule has 0 aliphatic heterocycles. The number of hydrogen-bond acceptors (Lipinski definition) is 4. The van der Waals surface area contributed by atoms with E-state index >= 15 is 0 Å². The summed E-state index contributed by atoms with van der Waals surface area (Å²) in [5.74, 6) is 1.25. The van der Waals surface area contributed by atoms with Crippen LogP contribution in [0.15, 0.2) is 52.9 Å². The number of hydrogen-bond donors (Lipinski definition) is 1. The highest BCUT2D eigenvalue weighted by Crippen LogP contribution is 2.22. The molecule has 0 bridgehead atoms. The molecule has 0 radical (unpaired) electrons. The lowest BCUT2D eigenvalue weighted by atomic mass is 10.1. The van der Waals surface area contributed by atoms with E-state index in [0.29, 0.717) is 18.1 Å². The summed E-state index contributed by atoms with van der Waals surface area (Å²) in [7, 11) is -3.39. The summed E-state index contributed by atoms with van der Waals surface area (Å²) in [5.41, 5.74) is 4.68. The van der Waals surface area contributed by atoms with Crippen molar-refractivity contribution in [2.75, 3.05) is 6.54 Å². The highest BCUT2D eigenvalue weighted by Gasteiger charge is 2.14. The smallest absolute Gasteiger partial charge is 0.226 e. The van der Waals surface area contributed by atoms with Crippen LogP contribution in [0.5, 0.6) is 0 Å². The van der Waals surface area contributed by atoms with E-state index in [9.17, 15) is 8.42 Å². The number of benzene rings is 2. The van der Waals surface area contributed by atoms with Crippen LogP contribution in [0.3, 0.4) is 0 Å². The molecule has 3 aromatic rings. The summed E-state index contributed by atoms with van der Waals surface area (Å²) in [4.78, 5) is 4.52. The summed E-state index contributed by atoms with van der Waals surface area (Å²) < 4.78 is 33.0. The first-order valence-corrected chi connectivity index (χ1v) is 10.5. The van der Waals surface area contributed by atoms with E-state index in [2.05, 4.69) is 9.71 Å². The molecule has 5 nitrogen and oxygen atoms in total. The first-order chi connectivity index (χ1) is 12.8. The second-order valence-corrected chi connectivity index (χ2v) is 8.59. The number of nitrogens with zero attached hydrogens (tertiary/aromatic N) is 1. The van der Waals surface area contributed by atoms with Crippen molar-refractivity contribution in [3.8, 4) is 11.5 Å². The maximum Gasteiger partial charge on any atom is 0.226 e. The van der Waals surface area contributed by atoms with E-state index in [-0.39, 0.29) is 12.3 Å². The van der Waals surface area contributed by atoms with Crippen LogP contribution in [0.2, 0.25) is 0 Å². The van der Waals surface area contributed by atoms with Gasteiger partial charge in [-0.05, 0) is 38.5 Å². The molecule has 0 aliphatic carbocycles. The molecule has 0 saturated carbocycles. The van der Waals surface area contributed by atoms with Crippen molar-refractivity contribution in [2.24, 2.45) is 0 Å². The third-order valence-electron chi connectivity index (χ3n) is 4.31. The van der Waals surface area contributed by atoms with Crippen LogP contribution < -0.4 is 4.72 Å². The minimum Gasteiger partial charge on any atom is -0.441 e. The van der Waals surface area contributed by atoms with Crippen molar-refractivity contribution in [3.63, 3.8) is 0 Å². The van der Waals surface area contributed by atoms with Gasteiger partial charge in [-0.15, -0.1) is 0 Å². The van der Waals surface area contributed by atoms with Gasteiger partial charge in [0.1, 0.15) is 5.76 Å². The van der Waals surface area contributed by atoms with Crippen molar-refractivity contribution >= 4 is 10.0 Å². The summed E-state index contributed by atoms with van der Waals surface area (Å²) in [5, 5.41) is 0. The van der Waals surface area contributed by atoms with Gasteiger partial charge in [0, 0.05) is 18.5 Å². The molecule has 0 spiro atoms. The van der Waals surface area contributed by atoms with Crippen molar-refractivity contribution in [1.29, 1.82) is 0 Å². The Morgan fingerprint density at radius 1 is 1.00 bits per heavy atom. The highest BCUT2D eigenvalue weighted by molar-refractivity contribution is 7.88. The third-order valence-corrected chi connectivity index (χ3v) is 5.67. The predicted molar refractivity (Wildman–Crippen MR) is 107 cm³/mol. The molecule has 1 N–H and O–H groups in total. The molecule has 0 amide bonds. The van der Waals surface area contributed by atoms with Gasteiger partial charge in [0.05, 0.1) is 11.4 Å². The second-order valence-electron chi connectivity index (χ2n) is 6.78. The molecule has 1 aromatic heterocycles. The van der Waals surface area contributed by atoms with Crippen LogP contribution in [-0.2, 0) is 22.2 Å². The van der Waals surface area contributed by atoms with E-state index in [1.807, 2.05) is 69.3 Å². The molecule has 0 aliphatic rings. The van der Waals surface area contributed by atoms with Crippen molar-refractivity contribution in [2.45, 2.75) is 32.9 Å². The fraction of sp³-hybridized carbons (Fsp3) is 0.286. The Balaban J connectivity index is 1.61. The predicted octanol–water partition coefficient (Wildman–Crippen LogP) is 3.93. The van der Waals surface area contributed by atoms with Gasteiger partial charge < -0.3 is 4.42 Å². The molecule has 0 unspecified atom stereocenters. The molecule has 0 atom stereocenters. The molecule has 142 valence electrons. The van der Waals surface area contributed by atoms with Gasteiger partial charge in [-0.1, -0.05) is 47.5 Å². The molecule has 3 rings (SSSR count). The maximum absolute atomic E-state index is 12.3. The molecule has 1 heterocycles. The fourth-order valence-electron chi connectivity index (χ4n) is 2.88. The first kappa shape index (κ1) is 19.3. The SMILES string of the molecule is Cc1ccc(-c2nc(CCNS(=O)(=O)Cc3cccc(C)c3)c(C)o2)cc1. The first-order valence-electron chi connectivity index (χ1n) is 8.88. The Kier molecular flexibility index (Phi) is 5.77. The second kappa shape index (κ2) is 8.06. The van der Waals surface area contributed by atoms with E-state index in [0.717, 1.165) is 22.4 Å². The zero-order valence-electron chi connectivity index (χ0n) is 15.8. The Morgan fingerprint density at radius 2 is 1.74 bits per heavy atom. The van der Waals surface area contributed by atoms with Gasteiger partial charge >= 0.3 is 0 Å². The lowest BCUT2D eigenvalue weighted by molar-refractivity contribution is 0.538. The lowest BCUT2D eigenvalue weighted by Crippen LogP contribution is -2.27. The molecular formula is C21H24N2O3S. The average Bonchev–Trinajstić information content (AvgIpc) is 2.96. The third kappa shape index (κ3) is 5.28. The quantitative estimate of drug-likeness (QED) is 0.670. The summed E-state index contributed by atoms with van der Waals surface area (Å²) in [6.07, 6.45) is 0.480. The zero-order valence-corrected chi connectivity index (χ0v) is 16.6. The number of aromatic nitrogens is 1. The van der Waals surface area contributed by atoms with E-state index in [1.54, 1.807) is 0 Å². The number of rotatable bonds is 7. The number of oxazole rings is 1. The van der Waals surface area contributed by atoms with Crippen molar-refractivity contribution in [1.82, 2.24) is 9.71 Å². The largest absolute Gasteiger partial charge is 0.441 e. The van der Waals surface area contributed by atoms with Gasteiger partial charge in [0.15, 0.2) is 0 Å². The monoisotopic (exact) mass is 384 g/mol. The van der Waals surface area contributed by atoms with Crippen LogP contribution >= 0.6 is 0 Å². The summed E-state index contributed by atoms with van der Waals surface area (Å²) >= 11 is 0. The molecular weight excluding hydrogens is 360 g/mol. The van der Waals surface area contributed by atoms with Gasteiger partial charge in [-0.3, -0.25) is 0 Å². The van der Waals surface area contributed by atoms with Crippen molar-refractivity contribution < 1.29 is 12.8 Å². The van der Waals surface area contributed by atoms with Gasteiger partial charge in [-0.25, -0.2) is 18.1 Å². The Morgan fingerprint density at radius 3 is 2.44 bits per heavy atom. The molecule has 2 aromatic carbocycles. The van der Waals surface area contributed by atoms with Gasteiger partial charge in [0.2, 0.25) is 15.9 Å². The minimum absolute atomic E-state index is 0.0267. The van der Waals surface area contributed by atoms with Crippen LogP contribution in [0.1, 0.15) is 28.1 Å². The van der Waals surface area contributed by atoms with Gasteiger partial charge in [-0.2, -0.15) is 0 Å². The minimum atomic E-state index is -3.39. The molecule has 27 heavy (non-hydrogen) atoms. The standard InChI is InChI=1S/C21H24N2O3S/c1-15-7-9-19(10-8-15)21-23-20(17(3)26-21)11-12-22-27(24,25)14-18-6-4-5-16(2)13-18/h4-10,13,22H,11-12,14H2,1-3H3. The average molecular weight is 385 g/mol. The highest BCUT2D eigenvalue weighted by atomic mass is 32.2. The summed E-state index contributed by atoms with van der Waals surface area (Å²) in [6, 6.07) is 15.5. The topological polar surface area (TPSA) is 72.2 Å². The zero-order chi connectivity index (χ0) is 19.4. The fourth-order valence-corrected chi connectivity index (χ4v) is 4.01. The number of aryl methyl sites for hydroxylation is 3. The van der Waals surface area contributed by atoms with E-state index in [4.69, 9.17) is 4.42 Å². The Labute approximate surface area is 160 Å². The maximum atomic E-state index is 12.3. The van der Waals surface area contributed by atoms with E-state index in [1.165, 1.54) is 5.56 Å². The van der Waals surface area contributed by atoms with Crippen LogP contribution in [0, 0.1) is 20.8 Å². The van der Waals surface area contributed by atoms with E-state index < -0.39 is 10.0 Å². The Hall–Kier alpha value is -2.44. The van der Waals surface area contributed by atoms with Crippen LogP contribution in [-0.4, -0.2) is 19.9 Å². The molecule has 0 fully saturated rings. The Bertz CT molecular complexity index is 1020. The van der Waals surface area contributed by atoms with Gasteiger partial charge in [0.25, 0.3) is 0 Å². The van der Waals surface area contributed by atoms with Crippen molar-refractivity contribution in [3.05, 3.63) is 76.7 Å². The molecule has 0 saturated heterocycles. The number of nitrogens with one attached hydrogen (secondary N) is 1. The summed E-state index contributed by atoms with van der Waals surface area (Å²) in [6.45, 7) is 6.11. The normalized spacial score (nSPS) is 11.7. The van der Waals surface area contributed by atoms with Crippen LogP contribution in [0.25, 0.3) is 11.5 Å². The van der Waals surface area contributed by atoms with Crippen LogP contribution in [0.4, 0.5) is 0 Å². The lowest BCUT2D eigenvalue weighted by Gasteiger charge is -2.07. The number of sulfonamides is 1. The molecule has 6 heteroatoms.